The quantitative estimate of drug-likeness (QED) is 0.795. The SMILES string of the molecule is CC[C@H](C(=O)N[C@H](C)C(C)C)N(c1cc(Cl)ccc1C)S(C)(=O)=O. The summed E-state index contributed by atoms with van der Waals surface area (Å²) >= 11 is 6.04. The number of anilines is 1. The third-order valence-electron chi connectivity index (χ3n) is 4.11. The molecule has 0 aromatic heterocycles. The highest BCUT2D eigenvalue weighted by Gasteiger charge is 2.33. The Morgan fingerprint density at radius 2 is 1.88 bits per heavy atom. The summed E-state index contributed by atoms with van der Waals surface area (Å²) in [5.41, 5.74) is 1.18. The molecule has 0 aliphatic rings. The van der Waals surface area contributed by atoms with Gasteiger partial charge in [-0.2, -0.15) is 0 Å². The number of sulfonamides is 1. The summed E-state index contributed by atoms with van der Waals surface area (Å²) in [6.07, 6.45) is 1.46. The molecule has 1 amide bonds. The minimum Gasteiger partial charge on any atom is -0.352 e. The van der Waals surface area contributed by atoms with E-state index < -0.39 is 16.1 Å². The van der Waals surface area contributed by atoms with Gasteiger partial charge in [-0.1, -0.05) is 38.4 Å². The van der Waals surface area contributed by atoms with Gasteiger partial charge in [0.2, 0.25) is 15.9 Å². The largest absolute Gasteiger partial charge is 0.352 e. The Kier molecular flexibility index (Phi) is 7.10. The number of rotatable bonds is 7. The number of nitrogens with zero attached hydrogens (tertiary/aromatic N) is 1. The minimum atomic E-state index is -3.66. The van der Waals surface area contributed by atoms with E-state index in [9.17, 15) is 13.2 Å². The van der Waals surface area contributed by atoms with Crippen LogP contribution in [-0.2, 0) is 14.8 Å². The third-order valence-corrected chi connectivity index (χ3v) is 5.51. The van der Waals surface area contributed by atoms with Crippen LogP contribution in [0.15, 0.2) is 18.2 Å². The van der Waals surface area contributed by atoms with Crippen LogP contribution < -0.4 is 9.62 Å². The monoisotopic (exact) mass is 374 g/mol. The molecule has 1 N–H and O–H groups in total. The number of amides is 1. The maximum Gasteiger partial charge on any atom is 0.244 e. The van der Waals surface area contributed by atoms with Gasteiger partial charge in [-0.25, -0.2) is 8.42 Å². The molecule has 0 heterocycles. The maximum atomic E-state index is 12.7. The van der Waals surface area contributed by atoms with Gasteiger partial charge in [0.15, 0.2) is 0 Å². The second-order valence-corrected chi connectivity index (χ2v) is 8.75. The molecule has 0 aliphatic heterocycles. The Bertz CT molecular complexity index is 689. The van der Waals surface area contributed by atoms with Crippen molar-refractivity contribution in [3.8, 4) is 0 Å². The van der Waals surface area contributed by atoms with E-state index in [0.29, 0.717) is 17.1 Å². The zero-order valence-electron chi connectivity index (χ0n) is 15.1. The first-order chi connectivity index (χ1) is 11.0. The molecule has 1 rings (SSSR count). The number of nitrogens with one attached hydrogen (secondary N) is 1. The van der Waals surface area contributed by atoms with E-state index in [1.807, 2.05) is 20.8 Å². The fourth-order valence-electron chi connectivity index (χ4n) is 2.34. The van der Waals surface area contributed by atoms with E-state index >= 15 is 0 Å². The van der Waals surface area contributed by atoms with Gasteiger partial charge in [0.05, 0.1) is 11.9 Å². The second kappa shape index (κ2) is 8.21. The van der Waals surface area contributed by atoms with Gasteiger partial charge in [-0.15, -0.1) is 0 Å². The van der Waals surface area contributed by atoms with E-state index in [2.05, 4.69) is 5.32 Å². The first-order valence-electron chi connectivity index (χ1n) is 8.05. The second-order valence-electron chi connectivity index (χ2n) is 6.45. The summed E-state index contributed by atoms with van der Waals surface area (Å²) in [6, 6.07) is 4.16. The Labute approximate surface area is 150 Å². The van der Waals surface area contributed by atoms with Crippen molar-refractivity contribution in [2.75, 3.05) is 10.6 Å². The molecule has 7 heteroatoms. The van der Waals surface area contributed by atoms with Gasteiger partial charge < -0.3 is 5.32 Å². The molecule has 0 spiro atoms. The standard InChI is InChI=1S/C17H27ClN2O3S/c1-7-15(17(21)19-13(5)11(2)3)20(24(6,22)23)16-10-14(18)9-8-12(16)4/h8-11,13,15H,7H2,1-6H3,(H,19,21)/t13-,15-/m1/s1. The van der Waals surface area contributed by atoms with Gasteiger partial charge in [0, 0.05) is 11.1 Å². The van der Waals surface area contributed by atoms with Crippen LogP contribution in [0.4, 0.5) is 5.69 Å². The summed E-state index contributed by atoms with van der Waals surface area (Å²) in [5, 5.41) is 3.33. The van der Waals surface area contributed by atoms with E-state index in [4.69, 9.17) is 11.6 Å². The van der Waals surface area contributed by atoms with Crippen molar-refractivity contribution in [2.45, 2.75) is 53.1 Å². The third kappa shape index (κ3) is 5.11. The van der Waals surface area contributed by atoms with Gasteiger partial charge in [-0.05, 0) is 43.9 Å². The molecule has 0 aliphatic carbocycles. The average molecular weight is 375 g/mol. The maximum absolute atomic E-state index is 12.7. The summed E-state index contributed by atoms with van der Waals surface area (Å²) in [6.45, 7) is 9.50. The Balaban J connectivity index is 3.33. The molecule has 2 atom stereocenters. The number of carbonyl (C=O) groups is 1. The van der Waals surface area contributed by atoms with E-state index in [-0.39, 0.29) is 17.9 Å². The van der Waals surface area contributed by atoms with Crippen molar-refractivity contribution in [1.29, 1.82) is 0 Å². The van der Waals surface area contributed by atoms with Crippen molar-refractivity contribution in [1.82, 2.24) is 5.32 Å². The predicted octanol–water partition coefficient (Wildman–Crippen LogP) is 3.35. The molecule has 0 fully saturated rings. The fraction of sp³-hybridized carbons (Fsp3) is 0.588. The van der Waals surface area contributed by atoms with Gasteiger partial charge in [0.1, 0.15) is 6.04 Å². The van der Waals surface area contributed by atoms with Crippen molar-refractivity contribution >= 4 is 33.2 Å². The number of carbonyl (C=O) groups excluding carboxylic acids is 1. The summed E-state index contributed by atoms with van der Waals surface area (Å²) < 4.78 is 26.0. The van der Waals surface area contributed by atoms with Crippen molar-refractivity contribution in [3.63, 3.8) is 0 Å². The first kappa shape index (κ1) is 20.8. The highest BCUT2D eigenvalue weighted by atomic mass is 35.5. The number of benzene rings is 1. The van der Waals surface area contributed by atoms with Crippen LogP contribution in [0.3, 0.4) is 0 Å². The molecule has 0 saturated carbocycles. The van der Waals surface area contributed by atoms with Crippen molar-refractivity contribution in [2.24, 2.45) is 5.92 Å². The molecule has 1 aromatic rings. The molecule has 0 saturated heterocycles. The van der Waals surface area contributed by atoms with E-state index in [1.54, 1.807) is 32.0 Å². The topological polar surface area (TPSA) is 66.5 Å². The smallest absolute Gasteiger partial charge is 0.244 e. The molecule has 5 nitrogen and oxygen atoms in total. The molecule has 24 heavy (non-hydrogen) atoms. The molecule has 0 unspecified atom stereocenters. The lowest BCUT2D eigenvalue weighted by Crippen LogP contribution is -2.52. The van der Waals surface area contributed by atoms with Crippen LogP contribution in [0, 0.1) is 12.8 Å². The van der Waals surface area contributed by atoms with Crippen LogP contribution in [0.2, 0.25) is 5.02 Å². The van der Waals surface area contributed by atoms with Crippen LogP contribution in [0.5, 0.6) is 0 Å². The molecule has 1 aromatic carbocycles. The summed E-state index contributed by atoms with van der Waals surface area (Å²) in [4.78, 5) is 12.7. The molecule has 0 radical (unpaired) electrons. The predicted molar refractivity (Wildman–Crippen MR) is 100 cm³/mol. The van der Waals surface area contributed by atoms with E-state index in [0.717, 1.165) is 11.8 Å². The average Bonchev–Trinajstić information content (AvgIpc) is 2.45. The molecular formula is C17H27ClN2O3S. The number of aryl methyl sites for hydroxylation is 1. The normalized spacial score (nSPS) is 14.3. The minimum absolute atomic E-state index is 0.0478. The first-order valence-corrected chi connectivity index (χ1v) is 10.3. The molecule has 136 valence electrons. The van der Waals surface area contributed by atoms with Crippen LogP contribution in [0.1, 0.15) is 39.7 Å². The molecule has 0 bridgehead atoms. The summed E-state index contributed by atoms with van der Waals surface area (Å²) in [5.74, 6) is -0.0467. The van der Waals surface area contributed by atoms with Crippen LogP contribution in [-0.4, -0.2) is 32.7 Å². The zero-order chi connectivity index (χ0) is 18.7. The number of halogens is 1. The number of hydrogen-bond donors (Lipinski definition) is 1. The Morgan fingerprint density at radius 3 is 2.33 bits per heavy atom. The number of hydrogen-bond acceptors (Lipinski definition) is 3. The lowest BCUT2D eigenvalue weighted by Gasteiger charge is -2.32. The molecular weight excluding hydrogens is 348 g/mol. The van der Waals surface area contributed by atoms with Crippen molar-refractivity contribution < 1.29 is 13.2 Å². The van der Waals surface area contributed by atoms with Crippen molar-refractivity contribution in [3.05, 3.63) is 28.8 Å². The summed E-state index contributed by atoms with van der Waals surface area (Å²) in [7, 11) is -3.66. The lowest BCUT2D eigenvalue weighted by atomic mass is 10.1. The van der Waals surface area contributed by atoms with E-state index in [1.165, 1.54) is 4.31 Å². The Morgan fingerprint density at radius 1 is 1.29 bits per heavy atom. The highest BCUT2D eigenvalue weighted by Crippen LogP contribution is 2.29. The van der Waals surface area contributed by atoms with Crippen LogP contribution in [0.25, 0.3) is 0 Å². The Hall–Kier alpha value is -1.27. The van der Waals surface area contributed by atoms with Gasteiger partial charge in [-0.3, -0.25) is 9.10 Å². The fourth-order valence-corrected chi connectivity index (χ4v) is 3.77. The van der Waals surface area contributed by atoms with Gasteiger partial charge >= 0.3 is 0 Å². The van der Waals surface area contributed by atoms with Crippen LogP contribution >= 0.6 is 11.6 Å². The lowest BCUT2D eigenvalue weighted by molar-refractivity contribution is -0.123. The zero-order valence-corrected chi connectivity index (χ0v) is 16.7. The van der Waals surface area contributed by atoms with Gasteiger partial charge in [0.25, 0.3) is 0 Å². The highest BCUT2D eigenvalue weighted by molar-refractivity contribution is 7.92.